The number of rotatable bonds is 0. The van der Waals surface area contributed by atoms with Crippen LogP contribution in [0, 0.1) is 26.8 Å². The summed E-state index contributed by atoms with van der Waals surface area (Å²) in [6, 6.07) is 7.64. The van der Waals surface area contributed by atoms with E-state index in [1.54, 1.807) is 0 Å². The molecule has 2 heterocycles. The number of fused-ring (bicyclic) bond motifs is 3. The molecule has 2 aromatic heterocycles. The average Bonchev–Trinajstić information content (AvgIpc) is 2.54. The van der Waals surface area contributed by atoms with Crippen molar-refractivity contribution in [3.05, 3.63) is 41.2 Å². The van der Waals surface area contributed by atoms with Crippen molar-refractivity contribution in [2.24, 2.45) is 0 Å². The van der Waals surface area contributed by atoms with Crippen LogP contribution in [0.2, 0.25) is 0 Å². The van der Waals surface area contributed by atoms with Crippen LogP contribution in [0.1, 0.15) is 16.8 Å². The van der Waals surface area contributed by atoms with Crippen LogP contribution in [-0.4, -0.2) is 9.97 Å². The molecule has 1 N–H and O–H groups in total. The molecule has 0 fully saturated rings. The molecule has 17 heavy (non-hydrogen) atoms. The first-order valence-corrected chi connectivity index (χ1v) is 5.43. The van der Waals surface area contributed by atoms with Gasteiger partial charge in [-0.25, -0.2) is 0 Å². The summed E-state index contributed by atoms with van der Waals surface area (Å²) in [7, 11) is 0. The van der Waals surface area contributed by atoms with Gasteiger partial charge in [0.05, 0.1) is 11.7 Å². The summed E-state index contributed by atoms with van der Waals surface area (Å²) >= 11 is 0. The Labute approximate surface area is 126 Å². The molecule has 0 saturated heterocycles. The van der Waals surface area contributed by atoms with E-state index in [-0.39, 0.29) is 32.7 Å². The van der Waals surface area contributed by atoms with Gasteiger partial charge in [0.25, 0.3) is 0 Å². The average molecular weight is 298 g/mol. The first kappa shape index (κ1) is 12.7. The standard InChI is InChI=1S/C14H13N2.Y/c1-8-4-9(2)14-11-6-10(3)15-7-13(11)16-12(14)5-8;/h5-7,16H,1-3H3;/q-1;. The fourth-order valence-electron chi connectivity index (χ4n) is 2.34. The maximum absolute atomic E-state index is 4.31. The van der Waals surface area contributed by atoms with Crippen molar-refractivity contribution in [1.29, 1.82) is 0 Å². The summed E-state index contributed by atoms with van der Waals surface area (Å²) in [6.45, 7) is 6.20. The summed E-state index contributed by atoms with van der Waals surface area (Å²) in [5.74, 6) is 0. The second kappa shape index (κ2) is 4.51. The van der Waals surface area contributed by atoms with E-state index < -0.39 is 0 Å². The molecule has 0 aliphatic rings. The normalized spacial score (nSPS) is 10.8. The molecule has 0 saturated carbocycles. The fourth-order valence-corrected chi connectivity index (χ4v) is 2.34. The zero-order valence-electron chi connectivity index (χ0n) is 10.3. The molecule has 1 aromatic carbocycles. The Balaban J connectivity index is 0.00000108. The second-order valence-electron chi connectivity index (χ2n) is 4.36. The van der Waals surface area contributed by atoms with Gasteiger partial charge < -0.3 is 4.98 Å². The molecule has 0 spiro atoms. The molecule has 0 aliphatic heterocycles. The summed E-state index contributed by atoms with van der Waals surface area (Å²) in [5.41, 5.74) is 5.69. The topological polar surface area (TPSA) is 28.7 Å². The van der Waals surface area contributed by atoms with Crippen LogP contribution >= 0.6 is 0 Å². The number of H-pyrrole nitrogens is 1. The Morgan fingerprint density at radius 1 is 1.12 bits per heavy atom. The number of nitrogens with one attached hydrogen (secondary N) is 1. The van der Waals surface area contributed by atoms with E-state index in [0.29, 0.717) is 0 Å². The van der Waals surface area contributed by atoms with Crippen LogP contribution in [0.4, 0.5) is 0 Å². The van der Waals surface area contributed by atoms with Gasteiger partial charge in [-0.1, -0.05) is 24.8 Å². The Morgan fingerprint density at radius 3 is 2.65 bits per heavy atom. The van der Waals surface area contributed by atoms with E-state index in [0.717, 1.165) is 11.2 Å². The number of pyridine rings is 1. The number of hydrogen-bond acceptors (Lipinski definition) is 1. The summed E-state index contributed by atoms with van der Waals surface area (Å²) < 4.78 is 0. The maximum Gasteiger partial charge on any atom is 0.0509 e. The SMILES string of the molecule is Cc1[c-]c(C)c2c(c1)[nH]c1cnc(C)cc12.[Y]. The van der Waals surface area contributed by atoms with Gasteiger partial charge in [-0.15, -0.1) is 6.07 Å². The summed E-state index contributed by atoms with van der Waals surface area (Å²) in [4.78, 5) is 7.72. The smallest absolute Gasteiger partial charge is 0.0509 e. The molecule has 2 nitrogen and oxygen atoms in total. The van der Waals surface area contributed by atoms with Crippen molar-refractivity contribution in [3.8, 4) is 0 Å². The predicted molar refractivity (Wildman–Crippen MR) is 66.6 cm³/mol. The van der Waals surface area contributed by atoms with Gasteiger partial charge in [-0.2, -0.15) is 17.2 Å². The molecule has 0 atom stereocenters. The van der Waals surface area contributed by atoms with Crippen LogP contribution in [0.25, 0.3) is 21.8 Å². The minimum Gasteiger partial charge on any atom is -0.377 e. The zero-order valence-corrected chi connectivity index (χ0v) is 13.1. The summed E-state index contributed by atoms with van der Waals surface area (Å²) in [6.07, 6.45) is 1.90. The molecule has 0 unspecified atom stereocenters. The van der Waals surface area contributed by atoms with Gasteiger partial charge in [0, 0.05) is 38.4 Å². The van der Waals surface area contributed by atoms with Crippen LogP contribution in [0.3, 0.4) is 0 Å². The Kier molecular flexibility index (Phi) is 3.37. The number of benzene rings is 1. The van der Waals surface area contributed by atoms with Crippen molar-refractivity contribution in [3.63, 3.8) is 0 Å². The van der Waals surface area contributed by atoms with Gasteiger partial charge in [0.15, 0.2) is 0 Å². The molecule has 3 heteroatoms. The molecule has 3 rings (SSSR count). The Hall–Kier alpha value is -0.726. The third kappa shape index (κ3) is 2.05. The molecule has 3 aromatic rings. The largest absolute Gasteiger partial charge is 0.377 e. The Bertz CT molecular complexity index is 698. The molecule has 1 radical (unpaired) electrons. The van der Waals surface area contributed by atoms with Crippen molar-refractivity contribution in [2.75, 3.05) is 0 Å². The molecule has 83 valence electrons. The Morgan fingerprint density at radius 2 is 1.88 bits per heavy atom. The van der Waals surface area contributed by atoms with Gasteiger partial charge in [-0.05, 0) is 18.4 Å². The van der Waals surface area contributed by atoms with E-state index >= 15 is 0 Å². The van der Waals surface area contributed by atoms with Crippen LogP contribution < -0.4 is 0 Å². The van der Waals surface area contributed by atoms with Crippen LogP contribution in [0.5, 0.6) is 0 Å². The zero-order chi connectivity index (χ0) is 11.3. The first-order valence-electron chi connectivity index (χ1n) is 5.43. The van der Waals surface area contributed by atoms with Gasteiger partial charge >= 0.3 is 0 Å². The van der Waals surface area contributed by atoms with Crippen molar-refractivity contribution >= 4 is 21.8 Å². The van der Waals surface area contributed by atoms with Crippen LogP contribution in [-0.2, 0) is 32.7 Å². The number of aromatic nitrogens is 2. The minimum atomic E-state index is 0. The summed E-state index contributed by atoms with van der Waals surface area (Å²) in [5, 5.41) is 2.52. The maximum atomic E-state index is 4.31. The van der Waals surface area contributed by atoms with Crippen molar-refractivity contribution < 1.29 is 32.7 Å². The fraction of sp³-hybridized carbons (Fsp3) is 0.214. The number of nitrogens with zero attached hydrogens (tertiary/aromatic N) is 1. The predicted octanol–water partition coefficient (Wildman–Crippen LogP) is 3.44. The molecular weight excluding hydrogens is 285 g/mol. The molecular formula is C14H13N2Y-. The second-order valence-corrected chi connectivity index (χ2v) is 4.36. The van der Waals surface area contributed by atoms with E-state index in [9.17, 15) is 0 Å². The quantitative estimate of drug-likeness (QED) is 0.633. The van der Waals surface area contributed by atoms with E-state index in [1.807, 2.05) is 13.1 Å². The van der Waals surface area contributed by atoms with E-state index in [2.05, 4.69) is 42.0 Å². The minimum absolute atomic E-state index is 0. The number of aromatic amines is 1. The third-order valence-corrected chi connectivity index (χ3v) is 2.97. The van der Waals surface area contributed by atoms with Crippen LogP contribution in [0.15, 0.2) is 18.3 Å². The monoisotopic (exact) mass is 298 g/mol. The number of aryl methyl sites for hydroxylation is 3. The molecule has 0 amide bonds. The van der Waals surface area contributed by atoms with Crippen molar-refractivity contribution in [1.82, 2.24) is 9.97 Å². The molecule has 0 bridgehead atoms. The molecule has 0 aliphatic carbocycles. The van der Waals surface area contributed by atoms with Gasteiger partial charge in [0.1, 0.15) is 0 Å². The van der Waals surface area contributed by atoms with Gasteiger partial charge in [0.2, 0.25) is 0 Å². The first-order chi connectivity index (χ1) is 7.65. The van der Waals surface area contributed by atoms with E-state index in [1.165, 1.54) is 27.4 Å². The van der Waals surface area contributed by atoms with Crippen molar-refractivity contribution in [2.45, 2.75) is 20.8 Å². The van der Waals surface area contributed by atoms with E-state index in [4.69, 9.17) is 0 Å². The van der Waals surface area contributed by atoms with Gasteiger partial charge in [-0.3, -0.25) is 4.98 Å². The third-order valence-electron chi connectivity index (χ3n) is 2.97. The number of hydrogen-bond donors (Lipinski definition) is 1.